The third-order valence-corrected chi connectivity index (χ3v) is 5.94. The van der Waals surface area contributed by atoms with Crippen molar-refractivity contribution in [3.8, 4) is 11.5 Å². The van der Waals surface area contributed by atoms with Gasteiger partial charge >= 0.3 is 0 Å². The number of aryl methyl sites for hydroxylation is 1. The van der Waals surface area contributed by atoms with Crippen LogP contribution in [0.2, 0.25) is 0 Å². The fraction of sp³-hybridized carbons (Fsp3) is 0.320. The van der Waals surface area contributed by atoms with Crippen molar-refractivity contribution < 1.29 is 28.9 Å². The zero-order chi connectivity index (χ0) is 24.4. The minimum atomic E-state index is -0.815. The first-order valence-electron chi connectivity index (χ1n) is 10.9. The highest BCUT2D eigenvalue weighted by Crippen LogP contribution is 2.42. The highest BCUT2D eigenvalue weighted by atomic mass is 16.5. The molecule has 1 atom stereocenters. The van der Waals surface area contributed by atoms with Gasteiger partial charge in [0.15, 0.2) is 17.3 Å². The molecule has 1 aromatic carbocycles. The number of hydrogen-bond donors (Lipinski definition) is 1. The van der Waals surface area contributed by atoms with Crippen LogP contribution in [0.4, 0.5) is 0 Å². The van der Waals surface area contributed by atoms with E-state index in [1.54, 1.807) is 55.0 Å². The van der Waals surface area contributed by atoms with Gasteiger partial charge in [0.25, 0.3) is 11.7 Å². The number of benzene rings is 1. The average Bonchev–Trinajstić information content (AvgIpc) is 3.31. The number of likely N-dealkylation sites (tertiary alicyclic amines) is 1. The number of aromatic nitrogens is 2. The standard InChI is InChI=1S/C25H27N3O6/c1-15-21(27-11-6-5-8-19(27)26-15)23(29)20-22(16-9-10-17(33-3)18(14-16)34-4)28(12-7-13-32-2)25(31)24(20)30/h5-6,8-11,14,22,29H,7,12-13H2,1-4H3. The number of fused-ring (bicyclic) bond motifs is 1. The van der Waals surface area contributed by atoms with Gasteiger partial charge in [-0.2, -0.15) is 0 Å². The highest BCUT2D eigenvalue weighted by Gasteiger charge is 2.46. The zero-order valence-electron chi connectivity index (χ0n) is 19.6. The first-order valence-corrected chi connectivity index (χ1v) is 10.9. The van der Waals surface area contributed by atoms with Gasteiger partial charge in [0.2, 0.25) is 0 Å². The number of ether oxygens (including phenoxy) is 3. The fourth-order valence-electron chi connectivity index (χ4n) is 4.39. The third-order valence-electron chi connectivity index (χ3n) is 5.94. The number of aliphatic hydroxyl groups excluding tert-OH is 1. The number of carbonyl (C=O) groups is 2. The Morgan fingerprint density at radius 1 is 1.09 bits per heavy atom. The number of amides is 1. The van der Waals surface area contributed by atoms with Gasteiger partial charge in [-0.3, -0.25) is 14.0 Å². The SMILES string of the molecule is COCCCN1C(=O)C(=O)C(=C(O)c2c(C)nc3ccccn23)C1c1ccc(OC)c(OC)c1. The van der Waals surface area contributed by atoms with E-state index >= 15 is 0 Å². The van der Waals surface area contributed by atoms with E-state index in [9.17, 15) is 14.7 Å². The monoisotopic (exact) mass is 465 g/mol. The molecule has 4 rings (SSSR count). The molecule has 1 aliphatic heterocycles. The Bertz CT molecular complexity index is 1280. The topological polar surface area (TPSA) is 103 Å². The van der Waals surface area contributed by atoms with Crippen LogP contribution in [0.15, 0.2) is 48.2 Å². The molecule has 0 saturated carbocycles. The summed E-state index contributed by atoms with van der Waals surface area (Å²) in [4.78, 5) is 32.3. The first-order chi connectivity index (χ1) is 16.4. The first kappa shape index (κ1) is 23.3. The number of nitrogens with zero attached hydrogens (tertiary/aromatic N) is 3. The lowest BCUT2D eigenvalue weighted by molar-refractivity contribution is -0.140. The summed E-state index contributed by atoms with van der Waals surface area (Å²) >= 11 is 0. The highest BCUT2D eigenvalue weighted by molar-refractivity contribution is 6.46. The number of carbonyl (C=O) groups excluding carboxylic acids is 2. The third kappa shape index (κ3) is 3.88. The van der Waals surface area contributed by atoms with E-state index < -0.39 is 17.7 Å². The largest absolute Gasteiger partial charge is 0.505 e. The van der Waals surface area contributed by atoms with Crippen LogP contribution in [0.25, 0.3) is 11.4 Å². The van der Waals surface area contributed by atoms with Gasteiger partial charge < -0.3 is 24.2 Å². The maximum absolute atomic E-state index is 13.3. The molecule has 1 aliphatic rings. The number of methoxy groups -OCH3 is 3. The van der Waals surface area contributed by atoms with Crippen molar-refractivity contribution in [2.24, 2.45) is 0 Å². The van der Waals surface area contributed by atoms with Crippen LogP contribution in [-0.4, -0.2) is 65.6 Å². The smallest absolute Gasteiger partial charge is 0.295 e. The molecule has 3 aromatic rings. The maximum Gasteiger partial charge on any atom is 0.295 e. The van der Waals surface area contributed by atoms with Crippen LogP contribution in [0.5, 0.6) is 11.5 Å². The molecule has 0 radical (unpaired) electrons. The van der Waals surface area contributed by atoms with Crippen LogP contribution < -0.4 is 9.47 Å². The quantitative estimate of drug-likeness (QED) is 0.236. The van der Waals surface area contributed by atoms with Gasteiger partial charge in [-0.1, -0.05) is 12.1 Å². The van der Waals surface area contributed by atoms with E-state index in [1.807, 2.05) is 6.07 Å². The van der Waals surface area contributed by atoms with Gasteiger partial charge in [-0.25, -0.2) is 4.98 Å². The minimum Gasteiger partial charge on any atom is -0.505 e. The molecule has 2 aromatic heterocycles. The number of ketones is 1. The lowest BCUT2D eigenvalue weighted by Crippen LogP contribution is -2.31. The second kappa shape index (κ2) is 9.56. The van der Waals surface area contributed by atoms with Gasteiger partial charge in [0.05, 0.1) is 31.5 Å². The summed E-state index contributed by atoms with van der Waals surface area (Å²) in [5.41, 5.74) is 2.15. The van der Waals surface area contributed by atoms with Crippen molar-refractivity contribution in [1.29, 1.82) is 0 Å². The van der Waals surface area contributed by atoms with Crippen molar-refractivity contribution in [2.75, 3.05) is 34.5 Å². The van der Waals surface area contributed by atoms with E-state index in [2.05, 4.69) is 4.98 Å². The van der Waals surface area contributed by atoms with Crippen molar-refractivity contribution in [1.82, 2.24) is 14.3 Å². The summed E-state index contributed by atoms with van der Waals surface area (Å²) in [5, 5.41) is 11.5. The van der Waals surface area contributed by atoms with E-state index in [4.69, 9.17) is 14.2 Å². The summed E-state index contributed by atoms with van der Waals surface area (Å²) in [5.74, 6) is -0.735. The van der Waals surface area contributed by atoms with Crippen LogP contribution in [0, 0.1) is 6.92 Å². The number of hydrogen-bond acceptors (Lipinski definition) is 7. The lowest BCUT2D eigenvalue weighted by Gasteiger charge is -2.26. The summed E-state index contributed by atoms with van der Waals surface area (Å²) in [6.07, 6.45) is 2.28. The second-order valence-electron chi connectivity index (χ2n) is 7.93. The Morgan fingerprint density at radius 2 is 1.85 bits per heavy atom. The van der Waals surface area contributed by atoms with E-state index in [-0.39, 0.29) is 17.9 Å². The molecule has 9 heteroatoms. The number of pyridine rings is 1. The summed E-state index contributed by atoms with van der Waals surface area (Å²) in [6.45, 7) is 2.45. The average molecular weight is 466 g/mol. The number of aliphatic hydroxyl groups is 1. The van der Waals surface area contributed by atoms with E-state index in [1.165, 1.54) is 19.1 Å². The Morgan fingerprint density at radius 3 is 2.56 bits per heavy atom. The van der Waals surface area contributed by atoms with Crippen molar-refractivity contribution >= 4 is 23.1 Å². The molecular formula is C25H27N3O6. The minimum absolute atomic E-state index is 0.00314. The molecule has 1 N–H and O–H groups in total. The van der Waals surface area contributed by atoms with Gasteiger partial charge in [-0.15, -0.1) is 0 Å². The predicted molar refractivity (Wildman–Crippen MR) is 125 cm³/mol. The molecule has 178 valence electrons. The molecule has 9 nitrogen and oxygen atoms in total. The number of imidazole rings is 1. The van der Waals surface area contributed by atoms with Crippen LogP contribution in [0.3, 0.4) is 0 Å². The molecule has 3 heterocycles. The Balaban J connectivity index is 1.92. The van der Waals surface area contributed by atoms with Crippen LogP contribution in [0.1, 0.15) is 29.4 Å². The van der Waals surface area contributed by atoms with Crippen molar-refractivity contribution in [3.05, 3.63) is 65.1 Å². The molecule has 34 heavy (non-hydrogen) atoms. The molecular weight excluding hydrogens is 438 g/mol. The summed E-state index contributed by atoms with van der Waals surface area (Å²) < 4.78 is 17.6. The van der Waals surface area contributed by atoms with Gasteiger partial charge in [0.1, 0.15) is 11.3 Å². The molecule has 1 amide bonds. The fourth-order valence-corrected chi connectivity index (χ4v) is 4.39. The molecule has 1 saturated heterocycles. The Kier molecular flexibility index (Phi) is 6.56. The number of rotatable bonds is 8. The summed E-state index contributed by atoms with van der Waals surface area (Å²) in [6, 6.07) is 9.82. The second-order valence-corrected chi connectivity index (χ2v) is 7.93. The van der Waals surface area contributed by atoms with Crippen LogP contribution >= 0.6 is 0 Å². The summed E-state index contributed by atoms with van der Waals surface area (Å²) in [7, 11) is 4.62. The number of Topliss-reactive ketones (excluding diaryl/α,β-unsaturated/α-hetero) is 1. The predicted octanol–water partition coefficient (Wildman–Crippen LogP) is 3.12. The molecule has 1 fully saturated rings. The molecule has 0 spiro atoms. The van der Waals surface area contributed by atoms with E-state index in [0.717, 1.165) is 0 Å². The molecule has 1 unspecified atom stereocenters. The maximum atomic E-state index is 13.3. The van der Waals surface area contributed by atoms with Crippen LogP contribution in [-0.2, 0) is 14.3 Å². The van der Waals surface area contributed by atoms with Crippen molar-refractivity contribution in [3.63, 3.8) is 0 Å². The normalized spacial score (nSPS) is 17.5. The zero-order valence-corrected chi connectivity index (χ0v) is 19.6. The van der Waals surface area contributed by atoms with Gasteiger partial charge in [-0.05, 0) is 43.2 Å². The lowest BCUT2D eigenvalue weighted by atomic mass is 9.95. The van der Waals surface area contributed by atoms with E-state index in [0.29, 0.717) is 47.1 Å². The molecule has 0 aliphatic carbocycles. The Hall–Kier alpha value is -3.85. The molecule has 0 bridgehead atoms. The van der Waals surface area contributed by atoms with Gasteiger partial charge in [0, 0.05) is 26.5 Å². The van der Waals surface area contributed by atoms with Crippen molar-refractivity contribution in [2.45, 2.75) is 19.4 Å². The Labute approximate surface area is 197 Å².